The summed E-state index contributed by atoms with van der Waals surface area (Å²) >= 11 is 0. The van der Waals surface area contributed by atoms with E-state index < -0.39 is 45.9 Å². The van der Waals surface area contributed by atoms with Crippen molar-refractivity contribution in [2.75, 3.05) is 5.32 Å². The average Bonchev–Trinajstić information content (AvgIpc) is 2.33. The van der Waals surface area contributed by atoms with Crippen LogP contribution in [0.5, 0.6) is 0 Å². The maximum atomic E-state index is 13.2. The lowest BCUT2D eigenvalue weighted by atomic mass is 10.2. The van der Waals surface area contributed by atoms with Crippen LogP contribution in [0.3, 0.4) is 0 Å². The zero-order valence-corrected chi connectivity index (χ0v) is 9.47. The maximum absolute atomic E-state index is 13.2. The number of benzene rings is 1. The van der Waals surface area contributed by atoms with E-state index in [1.165, 1.54) is 0 Å². The fraction of sp³-hybridized carbons (Fsp3) is 0.222. The number of nitro benzene ring substituents is 1. The molecule has 0 aliphatic carbocycles. The van der Waals surface area contributed by atoms with E-state index >= 15 is 0 Å². The van der Waals surface area contributed by atoms with Gasteiger partial charge in [0.15, 0.2) is 17.3 Å². The van der Waals surface area contributed by atoms with Gasteiger partial charge in [-0.05, 0) is 6.07 Å². The molecule has 0 spiro atoms. The van der Waals surface area contributed by atoms with Crippen LogP contribution in [0.1, 0.15) is 0 Å². The molecule has 5 nitrogen and oxygen atoms in total. The van der Waals surface area contributed by atoms with Gasteiger partial charge in [0.25, 0.3) is 5.69 Å². The molecular formula is C9H3F7N2O3. The summed E-state index contributed by atoms with van der Waals surface area (Å²) in [7, 11) is 0. The van der Waals surface area contributed by atoms with Gasteiger partial charge in [0.05, 0.1) is 4.92 Å². The van der Waals surface area contributed by atoms with E-state index in [1.54, 1.807) is 0 Å². The molecule has 0 aliphatic rings. The van der Waals surface area contributed by atoms with Crippen molar-refractivity contribution in [3.05, 3.63) is 33.9 Å². The largest absolute Gasteiger partial charge is 0.463 e. The van der Waals surface area contributed by atoms with Gasteiger partial charge in [0.2, 0.25) is 0 Å². The monoisotopic (exact) mass is 320 g/mol. The van der Waals surface area contributed by atoms with E-state index in [9.17, 15) is 45.6 Å². The van der Waals surface area contributed by atoms with Crippen molar-refractivity contribution in [3.63, 3.8) is 0 Å². The zero-order valence-electron chi connectivity index (χ0n) is 9.47. The van der Waals surface area contributed by atoms with E-state index in [-0.39, 0.29) is 6.07 Å². The molecule has 0 atom stereocenters. The highest BCUT2D eigenvalue weighted by atomic mass is 19.4. The number of carbonyl (C=O) groups is 1. The van der Waals surface area contributed by atoms with Gasteiger partial charge in [0.1, 0.15) is 0 Å². The van der Waals surface area contributed by atoms with Crippen molar-refractivity contribution >= 4 is 17.3 Å². The molecule has 0 saturated heterocycles. The molecule has 1 rings (SSSR count). The summed E-state index contributed by atoms with van der Waals surface area (Å²) in [5.74, 6) is -13.0. The molecule has 0 saturated carbocycles. The van der Waals surface area contributed by atoms with Gasteiger partial charge >= 0.3 is 18.0 Å². The Morgan fingerprint density at radius 1 is 1.14 bits per heavy atom. The maximum Gasteiger partial charge on any atom is 0.463 e. The molecule has 1 aromatic carbocycles. The first-order valence-electron chi connectivity index (χ1n) is 4.78. The van der Waals surface area contributed by atoms with Gasteiger partial charge in [-0.2, -0.15) is 22.0 Å². The molecule has 0 bridgehead atoms. The summed E-state index contributed by atoms with van der Waals surface area (Å²) in [6.07, 6.45) is -6.31. The third-order valence-electron chi connectivity index (χ3n) is 2.15. The van der Waals surface area contributed by atoms with E-state index in [4.69, 9.17) is 0 Å². The normalized spacial score (nSPS) is 12.1. The summed E-state index contributed by atoms with van der Waals surface area (Å²) < 4.78 is 87.1. The minimum absolute atomic E-state index is 0.241. The molecule has 1 N–H and O–H groups in total. The summed E-state index contributed by atoms with van der Waals surface area (Å²) in [6, 6.07) is 0.533. The summed E-state index contributed by atoms with van der Waals surface area (Å²) in [4.78, 5) is 19.9. The SMILES string of the molecule is O=C(Nc1c([N+](=O)[O-])ccc(F)c1F)C(F)(F)C(F)(F)F. The first-order chi connectivity index (χ1) is 9.39. The van der Waals surface area contributed by atoms with Crippen LogP contribution in [0.2, 0.25) is 0 Å². The number of halogens is 7. The molecule has 21 heavy (non-hydrogen) atoms. The highest BCUT2D eigenvalue weighted by Crippen LogP contribution is 2.37. The lowest BCUT2D eigenvalue weighted by Gasteiger charge is -2.18. The number of carbonyl (C=O) groups excluding carboxylic acids is 1. The number of nitrogens with zero attached hydrogens (tertiary/aromatic N) is 1. The lowest BCUT2D eigenvalue weighted by molar-refractivity contribution is -0.384. The standard InChI is InChI=1S/C9H3F7N2O3/c10-3-1-2-4(18(20)21)6(5(3)11)17-7(19)8(12,13)9(14,15)16/h1-2H,(H,17,19). The Labute approximate surface area is 110 Å². The van der Waals surface area contributed by atoms with Crippen molar-refractivity contribution in [2.45, 2.75) is 12.1 Å². The van der Waals surface area contributed by atoms with Gasteiger partial charge in [0, 0.05) is 6.07 Å². The van der Waals surface area contributed by atoms with Crippen LogP contribution >= 0.6 is 0 Å². The molecule has 116 valence electrons. The van der Waals surface area contributed by atoms with E-state index in [2.05, 4.69) is 0 Å². The Bertz CT molecular complexity index is 600. The first kappa shape index (κ1) is 16.7. The third-order valence-corrected chi connectivity index (χ3v) is 2.15. The fourth-order valence-corrected chi connectivity index (χ4v) is 1.13. The quantitative estimate of drug-likeness (QED) is 0.529. The van der Waals surface area contributed by atoms with Gasteiger partial charge in [-0.15, -0.1) is 0 Å². The predicted octanol–water partition coefficient (Wildman–Crippen LogP) is 3.01. The number of amides is 1. The van der Waals surface area contributed by atoms with Gasteiger partial charge in [-0.25, -0.2) is 8.78 Å². The molecule has 0 fully saturated rings. The lowest BCUT2D eigenvalue weighted by Crippen LogP contribution is -2.47. The summed E-state index contributed by atoms with van der Waals surface area (Å²) in [5, 5.41) is 11.2. The molecule has 12 heteroatoms. The minimum Gasteiger partial charge on any atom is -0.312 e. The topological polar surface area (TPSA) is 72.2 Å². The van der Waals surface area contributed by atoms with Gasteiger partial charge in [-0.3, -0.25) is 14.9 Å². The van der Waals surface area contributed by atoms with Crippen molar-refractivity contribution in [1.82, 2.24) is 0 Å². The second-order valence-electron chi connectivity index (χ2n) is 3.54. The highest BCUT2D eigenvalue weighted by Gasteiger charge is 2.63. The molecule has 0 aromatic heterocycles. The van der Waals surface area contributed by atoms with E-state index in [1.807, 2.05) is 0 Å². The Morgan fingerprint density at radius 3 is 2.10 bits per heavy atom. The van der Waals surface area contributed by atoms with E-state index in [0.717, 1.165) is 0 Å². The van der Waals surface area contributed by atoms with Crippen LogP contribution < -0.4 is 5.32 Å². The van der Waals surface area contributed by atoms with Crippen LogP contribution in [0.25, 0.3) is 0 Å². The molecule has 0 radical (unpaired) electrons. The molecule has 1 amide bonds. The number of nitrogens with one attached hydrogen (secondary N) is 1. The predicted molar refractivity (Wildman–Crippen MR) is 52.6 cm³/mol. The fourth-order valence-electron chi connectivity index (χ4n) is 1.13. The molecule has 0 unspecified atom stereocenters. The number of rotatable bonds is 3. The minimum atomic E-state index is -6.31. The van der Waals surface area contributed by atoms with Crippen molar-refractivity contribution in [2.24, 2.45) is 0 Å². The van der Waals surface area contributed by atoms with Crippen LogP contribution in [-0.2, 0) is 4.79 Å². The summed E-state index contributed by atoms with van der Waals surface area (Å²) in [6.45, 7) is 0. The molecule has 1 aromatic rings. The first-order valence-corrected chi connectivity index (χ1v) is 4.78. The van der Waals surface area contributed by atoms with Crippen LogP contribution in [-0.4, -0.2) is 22.9 Å². The smallest absolute Gasteiger partial charge is 0.312 e. The Kier molecular flexibility index (Phi) is 4.11. The number of alkyl halides is 5. The Morgan fingerprint density at radius 2 is 1.67 bits per heavy atom. The highest BCUT2D eigenvalue weighted by molar-refractivity contribution is 5.98. The van der Waals surface area contributed by atoms with Crippen molar-refractivity contribution in [3.8, 4) is 0 Å². The van der Waals surface area contributed by atoms with E-state index in [0.29, 0.717) is 11.4 Å². The molecule has 0 aliphatic heterocycles. The number of nitro groups is 1. The van der Waals surface area contributed by atoms with Gasteiger partial charge in [-0.1, -0.05) is 0 Å². The Balaban J connectivity index is 3.28. The van der Waals surface area contributed by atoms with Crippen molar-refractivity contribution in [1.29, 1.82) is 0 Å². The second-order valence-corrected chi connectivity index (χ2v) is 3.54. The number of anilines is 1. The Hall–Kier alpha value is -2.40. The summed E-state index contributed by atoms with van der Waals surface area (Å²) in [5.41, 5.74) is -3.12. The number of hydrogen-bond acceptors (Lipinski definition) is 3. The second kappa shape index (κ2) is 5.18. The number of hydrogen-bond donors (Lipinski definition) is 1. The van der Waals surface area contributed by atoms with Crippen LogP contribution in [0.15, 0.2) is 12.1 Å². The van der Waals surface area contributed by atoms with Crippen LogP contribution in [0, 0.1) is 21.7 Å². The molecule has 0 heterocycles. The van der Waals surface area contributed by atoms with Crippen LogP contribution in [0.4, 0.5) is 42.1 Å². The third kappa shape index (κ3) is 3.03. The average molecular weight is 320 g/mol. The van der Waals surface area contributed by atoms with Gasteiger partial charge < -0.3 is 5.32 Å². The zero-order chi connectivity index (χ0) is 16.6. The van der Waals surface area contributed by atoms with Crippen molar-refractivity contribution < 1.29 is 40.5 Å². The molecular weight excluding hydrogens is 317 g/mol.